The molecule has 0 aliphatic carbocycles. The van der Waals surface area contributed by atoms with Crippen LogP contribution < -0.4 is 10.6 Å². The number of carbonyl (C=O) groups excluding carboxylic acids is 3. The Kier molecular flexibility index (Phi) is 8.41. The van der Waals surface area contributed by atoms with Gasteiger partial charge in [-0.2, -0.15) is 0 Å². The van der Waals surface area contributed by atoms with Crippen molar-refractivity contribution in [3.63, 3.8) is 0 Å². The second-order valence-electron chi connectivity index (χ2n) is 6.30. The van der Waals surface area contributed by atoms with Crippen LogP contribution in [0.15, 0.2) is 24.3 Å². The van der Waals surface area contributed by atoms with Gasteiger partial charge in [-0.05, 0) is 30.0 Å². The van der Waals surface area contributed by atoms with Gasteiger partial charge in [0, 0.05) is 18.4 Å². The number of ether oxygens (including phenoxy) is 1. The fourth-order valence-corrected chi connectivity index (χ4v) is 2.54. The lowest BCUT2D eigenvalue weighted by atomic mass is 10.0. The molecule has 138 valence electrons. The Hall–Kier alpha value is -2.08. The zero-order valence-corrected chi connectivity index (χ0v) is 15.7. The van der Waals surface area contributed by atoms with Crippen LogP contribution in [0.5, 0.6) is 0 Å². The Labute approximate surface area is 153 Å². The molecule has 2 atom stereocenters. The maximum Gasteiger partial charge on any atom is 0.328 e. The molecule has 6 nitrogen and oxygen atoms in total. The van der Waals surface area contributed by atoms with Crippen LogP contribution in [0, 0.1) is 5.92 Å². The lowest BCUT2D eigenvalue weighted by Gasteiger charge is -2.23. The van der Waals surface area contributed by atoms with Gasteiger partial charge in [0.05, 0.1) is 7.11 Å². The van der Waals surface area contributed by atoms with E-state index in [9.17, 15) is 14.4 Å². The fraction of sp³-hybridized carbons (Fsp3) is 0.500. The van der Waals surface area contributed by atoms with Crippen LogP contribution in [-0.2, 0) is 25.5 Å². The van der Waals surface area contributed by atoms with E-state index in [1.54, 1.807) is 24.3 Å². The number of carbonyl (C=O) groups is 3. The van der Waals surface area contributed by atoms with Crippen molar-refractivity contribution < 1.29 is 19.1 Å². The maximum atomic E-state index is 12.5. The van der Waals surface area contributed by atoms with Crippen LogP contribution in [0.2, 0.25) is 5.02 Å². The average Bonchev–Trinajstić information content (AvgIpc) is 2.53. The fourth-order valence-electron chi connectivity index (χ4n) is 2.41. The van der Waals surface area contributed by atoms with E-state index < -0.39 is 24.0 Å². The highest BCUT2D eigenvalue weighted by Crippen LogP contribution is 2.12. The Balaban J connectivity index is 2.87. The van der Waals surface area contributed by atoms with E-state index >= 15 is 0 Å². The molecule has 0 aliphatic heterocycles. The predicted molar refractivity (Wildman–Crippen MR) is 96.2 cm³/mol. The quantitative estimate of drug-likeness (QED) is 0.688. The third-order valence-electron chi connectivity index (χ3n) is 3.56. The van der Waals surface area contributed by atoms with Crippen LogP contribution in [-0.4, -0.2) is 37.0 Å². The van der Waals surface area contributed by atoms with Gasteiger partial charge in [0.2, 0.25) is 11.8 Å². The predicted octanol–water partition coefficient (Wildman–Crippen LogP) is 2.09. The van der Waals surface area contributed by atoms with Gasteiger partial charge in [0.1, 0.15) is 12.1 Å². The first-order valence-corrected chi connectivity index (χ1v) is 8.50. The van der Waals surface area contributed by atoms with Gasteiger partial charge in [-0.25, -0.2) is 4.79 Å². The number of hydrogen-bond donors (Lipinski definition) is 2. The van der Waals surface area contributed by atoms with Crippen molar-refractivity contribution in [2.24, 2.45) is 5.92 Å². The van der Waals surface area contributed by atoms with Gasteiger partial charge >= 0.3 is 5.97 Å². The summed E-state index contributed by atoms with van der Waals surface area (Å²) in [6, 6.07) is 5.45. The van der Waals surface area contributed by atoms with Crippen LogP contribution >= 0.6 is 11.6 Å². The summed E-state index contributed by atoms with van der Waals surface area (Å²) < 4.78 is 4.78. The van der Waals surface area contributed by atoms with E-state index in [1.807, 2.05) is 13.8 Å². The van der Waals surface area contributed by atoms with Gasteiger partial charge in [0.15, 0.2) is 0 Å². The smallest absolute Gasteiger partial charge is 0.328 e. The molecular formula is C18H25ClN2O4. The number of amides is 2. The summed E-state index contributed by atoms with van der Waals surface area (Å²) in [5.41, 5.74) is 0.833. The summed E-state index contributed by atoms with van der Waals surface area (Å²) in [5.74, 6) is -1.05. The van der Waals surface area contributed by atoms with Crippen molar-refractivity contribution in [1.29, 1.82) is 0 Å². The molecule has 0 aliphatic rings. The SMILES string of the molecule is COC(=O)[C@H](Cc1ccc(Cl)cc1)NC(=O)[C@H](CC(C)C)NC(C)=O. The third kappa shape index (κ3) is 7.56. The standard InChI is InChI=1S/C18H25ClN2O4/c1-11(2)9-15(20-12(3)22)17(23)21-16(18(24)25-4)10-13-5-7-14(19)8-6-13/h5-8,11,15-16H,9-10H2,1-4H3,(H,20,22)(H,21,23)/t15-,16-/m0/s1. The second kappa shape index (κ2) is 10.0. The molecule has 0 unspecified atom stereocenters. The number of benzene rings is 1. The molecule has 2 N–H and O–H groups in total. The Bertz CT molecular complexity index is 602. The average molecular weight is 369 g/mol. The van der Waals surface area contributed by atoms with Crippen molar-refractivity contribution in [2.45, 2.75) is 45.7 Å². The van der Waals surface area contributed by atoms with Crippen molar-refractivity contribution in [1.82, 2.24) is 10.6 Å². The molecule has 7 heteroatoms. The molecule has 0 aromatic heterocycles. The maximum absolute atomic E-state index is 12.5. The molecule has 0 bridgehead atoms. The Morgan fingerprint density at radius 2 is 1.68 bits per heavy atom. The number of methoxy groups -OCH3 is 1. The highest BCUT2D eigenvalue weighted by atomic mass is 35.5. The van der Waals surface area contributed by atoms with Crippen LogP contribution in [0.4, 0.5) is 0 Å². The molecule has 0 heterocycles. The van der Waals surface area contributed by atoms with Gasteiger partial charge < -0.3 is 15.4 Å². The number of nitrogens with one attached hydrogen (secondary N) is 2. The number of rotatable bonds is 8. The Morgan fingerprint density at radius 3 is 2.16 bits per heavy atom. The van der Waals surface area contributed by atoms with Gasteiger partial charge in [0.25, 0.3) is 0 Å². The highest BCUT2D eigenvalue weighted by Gasteiger charge is 2.27. The van der Waals surface area contributed by atoms with Crippen LogP contribution in [0.3, 0.4) is 0 Å². The van der Waals surface area contributed by atoms with Crippen LogP contribution in [0.25, 0.3) is 0 Å². The molecular weight excluding hydrogens is 344 g/mol. The first-order valence-electron chi connectivity index (χ1n) is 8.12. The molecule has 1 aromatic rings. The van der Waals surface area contributed by atoms with E-state index in [0.29, 0.717) is 11.4 Å². The molecule has 1 rings (SSSR count). The summed E-state index contributed by atoms with van der Waals surface area (Å²) in [4.78, 5) is 35.9. The molecule has 0 fully saturated rings. The van der Waals surface area contributed by atoms with Gasteiger partial charge in [-0.15, -0.1) is 0 Å². The minimum atomic E-state index is -0.845. The van der Waals surface area contributed by atoms with E-state index in [-0.39, 0.29) is 18.2 Å². The number of esters is 1. The Morgan fingerprint density at radius 1 is 1.08 bits per heavy atom. The monoisotopic (exact) mass is 368 g/mol. The molecule has 0 saturated carbocycles. The molecule has 0 spiro atoms. The summed E-state index contributed by atoms with van der Waals surface area (Å²) in [7, 11) is 1.27. The van der Waals surface area contributed by atoms with E-state index in [1.165, 1.54) is 14.0 Å². The normalized spacial score (nSPS) is 13.0. The number of halogens is 1. The molecule has 0 radical (unpaired) electrons. The lowest BCUT2D eigenvalue weighted by Crippen LogP contribution is -2.52. The number of hydrogen-bond acceptors (Lipinski definition) is 4. The zero-order chi connectivity index (χ0) is 19.0. The van der Waals surface area contributed by atoms with Gasteiger partial charge in [-0.3, -0.25) is 9.59 Å². The largest absolute Gasteiger partial charge is 0.467 e. The van der Waals surface area contributed by atoms with Gasteiger partial charge in [-0.1, -0.05) is 37.6 Å². The van der Waals surface area contributed by atoms with Crippen molar-refractivity contribution in [3.05, 3.63) is 34.9 Å². The summed E-state index contributed by atoms with van der Waals surface area (Å²) >= 11 is 5.86. The first-order chi connectivity index (χ1) is 11.7. The highest BCUT2D eigenvalue weighted by molar-refractivity contribution is 6.30. The van der Waals surface area contributed by atoms with Crippen molar-refractivity contribution >= 4 is 29.4 Å². The molecule has 2 amide bonds. The van der Waals surface area contributed by atoms with Crippen LogP contribution in [0.1, 0.15) is 32.8 Å². The van der Waals surface area contributed by atoms with Crippen molar-refractivity contribution in [3.8, 4) is 0 Å². The molecule has 25 heavy (non-hydrogen) atoms. The summed E-state index contributed by atoms with van der Waals surface area (Å²) in [6.45, 7) is 5.26. The van der Waals surface area contributed by atoms with E-state index in [2.05, 4.69) is 10.6 Å². The summed E-state index contributed by atoms with van der Waals surface area (Å²) in [6.07, 6.45) is 0.740. The van der Waals surface area contributed by atoms with E-state index in [0.717, 1.165) is 5.56 Å². The second-order valence-corrected chi connectivity index (χ2v) is 6.73. The zero-order valence-electron chi connectivity index (χ0n) is 15.0. The molecule has 1 aromatic carbocycles. The summed E-state index contributed by atoms with van der Waals surface area (Å²) in [5, 5.41) is 5.89. The third-order valence-corrected chi connectivity index (χ3v) is 3.81. The first kappa shape index (κ1) is 21.0. The minimum Gasteiger partial charge on any atom is -0.467 e. The van der Waals surface area contributed by atoms with E-state index in [4.69, 9.17) is 16.3 Å². The minimum absolute atomic E-state index is 0.204. The van der Waals surface area contributed by atoms with Crippen molar-refractivity contribution in [2.75, 3.05) is 7.11 Å². The topological polar surface area (TPSA) is 84.5 Å². The lowest BCUT2D eigenvalue weighted by molar-refractivity contribution is -0.145. The molecule has 0 saturated heterocycles.